The van der Waals surface area contributed by atoms with E-state index in [2.05, 4.69) is 11.4 Å². The molecule has 0 bridgehead atoms. The quantitative estimate of drug-likeness (QED) is 0.668. The van der Waals surface area contributed by atoms with Crippen LogP contribution in [0, 0.1) is 0 Å². The van der Waals surface area contributed by atoms with Crippen LogP contribution in [0.15, 0.2) is 17.5 Å². The first-order valence-electron chi connectivity index (χ1n) is 6.21. The van der Waals surface area contributed by atoms with Crippen LogP contribution < -0.4 is 5.32 Å². The van der Waals surface area contributed by atoms with Crippen molar-refractivity contribution in [1.29, 1.82) is 0 Å². The van der Waals surface area contributed by atoms with Gasteiger partial charge >= 0.3 is 0 Å². The molecule has 5 heteroatoms. The van der Waals surface area contributed by atoms with Crippen molar-refractivity contribution >= 4 is 17.2 Å². The van der Waals surface area contributed by atoms with Crippen molar-refractivity contribution in [2.24, 2.45) is 0 Å². The number of thiophene rings is 1. The van der Waals surface area contributed by atoms with Crippen LogP contribution >= 0.6 is 11.3 Å². The number of aliphatic hydroxyl groups is 2. The Morgan fingerprint density at radius 2 is 2.17 bits per heavy atom. The smallest absolute Gasteiger partial charge is 0.220 e. The molecular formula is C13H21NO3S. The molecule has 18 heavy (non-hydrogen) atoms. The summed E-state index contributed by atoms with van der Waals surface area (Å²) < 4.78 is 0. The molecule has 3 N–H and O–H groups in total. The molecule has 0 radical (unpaired) electrons. The van der Waals surface area contributed by atoms with Gasteiger partial charge in [-0.1, -0.05) is 13.0 Å². The highest BCUT2D eigenvalue weighted by Crippen LogP contribution is 2.13. The summed E-state index contributed by atoms with van der Waals surface area (Å²) >= 11 is 1.69. The van der Waals surface area contributed by atoms with Crippen LogP contribution in [-0.2, 0) is 11.2 Å². The summed E-state index contributed by atoms with van der Waals surface area (Å²) in [6.45, 7) is 1.35. The van der Waals surface area contributed by atoms with Crippen LogP contribution in [0.1, 0.15) is 31.1 Å². The van der Waals surface area contributed by atoms with Crippen LogP contribution in [-0.4, -0.2) is 34.9 Å². The highest BCUT2D eigenvalue weighted by Gasteiger charge is 2.28. The average Bonchev–Trinajstić information content (AvgIpc) is 2.89. The molecular weight excluding hydrogens is 250 g/mol. The van der Waals surface area contributed by atoms with Gasteiger partial charge in [-0.05, 0) is 30.7 Å². The minimum atomic E-state index is -0.875. The number of hydrogen-bond donors (Lipinski definition) is 3. The fraction of sp³-hybridized carbons (Fsp3) is 0.615. The van der Waals surface area contributed by atoms with Gasteiger partial charge in [-0.15, -0.1) is 11.3 Å². The van der Waals surface area contributed by atoms with Gasteiger partial charge in [-0.2, -0.15) is 0 Å². The van der Waals surface area contributed by atoms with Crippen molar-refractivity contribution in [2.75, 3.05) is 13.2 Å². The van der Waals surface area contributed by atoms with Crippen molar-refractivity contribution in [1.82, 2.24) is 5.32 Å². The number of aryl methyl sites for hydroxylation is 1. The maximum absolute atomic E-state index is 11.7. The monoisotopic (exact) mass is 271 g/mol. The minimum absolute atomic E-state index is 0.114. The van der Waals surface area contributed by atoms with Gasteiger partial charge in [-0.3, -0.25) is 4.79 Å². The number of nitrogens with one attached hydrogen (secondary N) is 1. The summed E-state index contributed by atoms with van der Waals surface area (Å²) in [4.78, 5) is 13.0. The summed E-state index contributed by atoms with van der Waals surface area (Å²) in [6, 6.07) is 4.06. The number of amides is 1. The second-order valence-corrected chi connectivity index (χ2v) is 5.46. The maximum Gasteiger partial charge on any atom is 0.220 e. The number of hydrogen-bond acceptors (Lipinski definition) is 4. The lowest BCUT2D eigenvalue weighted by atomic mass is 9.98. The molecule has 1 aromatic rings. The predicted octanol–water partition coefficient (Wildman–Crippen LogP) is 1.32. The Labute approximate surface area is 112 Å². The van der Waals surface area contributed by atoms with Crippen LogP contribution in [0.25, 0.3) is 0 Å². The Morgan fingerprint density at radius 1 is 1.44 bits per heavy atom. The fourth-order valence-corrected chi connectivity index (χ4v) is 2.43. The molecule has 0 fully saturated rings. The number of carbonyl (C=O) groups excluding carboxylic acids is 1. The number of rotatable bonds is 8. The zero-order valence-corrected chi connectivity index (χ0v) is 11.5. The van der Waals surface area contributed by atoms with Crippen LogP contribution in [0.3, 0.4) is 0 Å². The van der Waals surface area contributed by atoms with Gasteiger partial charge < -0.3 is 15.5 Å². The summed E-state index contributed by atoms with van der Waals surface area (Å²) in [5.74, 6) is -0.114. The summed E-state index contributed by atoms with van der Waals surface area (Å²) in [7, 11) is 0. The van der Waals surface area contributed by atoms with Crippen LogP contribution in [0.4, 0.5) is 0 Å². The normalized spacial score (nSPS) is 11.5. The molecule has 0 saturated heterocycles. The molecule has 0 spiro atoms. The molecule has 1 amide bonds. The van der Waals surface area contributed by atoms with Crippen molar-refractivity contribution in [3.05, 3.63) is 22.4 Å². The first-order chi connectivity index (χ1) is 8.65. The molecule has 0 aromatic carbocycles. The molecule has 1 aromatic heterocycles. The molecule has 0 saturated carbocycles. The Morgan fingerprint density at radius 3 is 2.67 bits per heavy atom. The van der Waals surface area contributed by atoms with E-state index >= 15 is 0 Å². The van der Waals surface area contributed by atoms with Gasteiger partial charge in [0, 0.05) is 11.3 Å². The number of aliphatic hydroxyl groups excluding tert-OH is 2. The third-order valence-electron chi connectivity index (χ3n) is 3.09. The van der Waals surface area contributed by atoms with Gasteiger partial charge in [0.2, 0.25) is 5.91 Å². The van der Waals surface area contributed by atoms with Crippen molar-refractivity contribution in [3.8, 4) is 0 Å². The Balaban J connectivity index is 2.32. The molecule has 1 heterocycles. The Kier molecular flexibility index (Phi) is 6.32. The van der Waals surface area contributed by atoms with E-state index < -0.39 is 5.54 Å². The standard InChI is InChI=1S/C13H21NO3S/c1-2-13(9-15,10-16)14-12(17)7-3-5-11-6-4-8-18-11/h4,6,8,15-16H,2-3,5,7,9-10H2,1H3,(H,14,17). The molecule has 0 aliphatic carbocycles. The van der Waals surface area contributed by atoms with Gasteiger partial charge in [0.25, 0.3) is 0 Å². The van der Waals surface area contributed by atoms with Gasteiger partial charge in [0.15, 0.2) is 0 Å². The van der Waals surface area contributed by atoms with E-state index in [9.17, 15) is 15.0 Å². The Hall–Kier alpha value is -0.910. The highest BCUT2D eigenvalue weighted by molar-refractivity contribution is 7.09. The predicted molar refractivity (Wildman–Crippen MR) is 72.6 cm³/mol. The second kappa shape index (κ2) is 7.51. The fourth-order valence-electron chi connectivity index (χ4n) is 1.68. The van der Waals surface area contributed by atoms with Crippen LogP contribution in [0.2, 0.25) is 0 Å². The summed E-state index contributed by atoms with van der Waals surface area (Å²) in [6.07, 6.45) is 2.60. The first-order valence-corrected chi connectivity index (χ1v) is 7.09. The maximum atomic E-state index is 11.7. The van der Waals surface area contributed by atoms with E-state index in [1.54, 1.807) is 11.3 Å². The SMILES string of the molecule is CCC(CO)(CO)NC(=O)CCCc1cccs1. The van der Waals surface area contributed by atoms with E-state index in [1.165, 1.54) is 4.88 Å². The van der Waals surface area contributed by atoms with E-state index in [0.29, 0.717) is 12.8 Å². The van der Waals surface area contributed by atoms with Gasteiger partial charge in [-0.25, -0.2) is 0 Å². The zero-order chi connectivity index (χ0) is 13.4. The topological polar surface area (TPSA) is 69.6 Å². The minimum Gasteiger partial charge on any atom is -0.394 e. The molecule has 0 aliphatic rings. The van der Waals surface area contributed by atoms with E-state index in [0.717, 1.165) is 12.8 Å². The zero-order valence-electron chi connectivity index (χ0n) is 10.7. The summed E-state index contributed by atoms with van der Waals surface area (Å²) in [5.41, 5.74) is -0.875. The lowest BCUT2D eigenvalue weighted by molar-refractivity contribution is -0.124. The van der Waals surface area contributed by atoms with Crippen LogP contribution in [0.5, 0.6) is 0 Å². The van der Waals surface area contributed by atoms with Crippen molar-refractivity contribution < 1.29 is 15.0 Å². The van der Waals surface area contributed by atoms with Crippen molar-refractivity contribution in [3.63, 3.8) is 0 Å². The largest absolute Gasteiger partial charge is 0.394 e. The van der Waals surface area contributed by atoms with Crippen molar-refractivity contribution in [2.45, 2.75) is 38.1 Å². The summed E-state index contributed by atoms with van der Waals surface area (Å²) in [5, 5.41) is 23.2. The lowest BCUT2D eigenvalue weighted by Gasteiger charge is -2.29. The van der Waals surface area contributed by atoms with Gasteiger partial charge in [0.1, 0.15) is 0 Å². The lowest BCUT2D eigenvalue weighted by Crippen LogP contribution is -2.53. The number of carbonyl (C=O) groups is 1. The third-order valence-corrected chi connectivity index (χ3v) is 4.03. The third kappa shape index (κ3) is 4.40. The first kappa shape index (κ1) is 15.1. The molecule has 4 nitrogen and oxygen atoms in total. The molecule has 0 aliphatic heterocycles. The Bertz CT molecular complexity index is 339. The molecule has 102 valence electrons. The highest BCUT2D eigenvalue weighted by atomic mass is 32.1. The molecule has 0 unspecified atom stereocenters. The molecule has 1 rings (SSSR count). The van der Waals surface area contributed by atoms with E-state index in [1.807, 2.05) is 18.4 Å². The molecule has 0 atom stereocenters. The average molecular weight is 271 g/mol. The second-order valence-electron chi connectivity index (χ2n) is 4.43. The van der Waals surface area contributed by atoms with Gasteiger partial charge in [0.05, 0.1) is 18.8 Å². The van der Waals surface area contributed by atoms with E-state index in [4.69, 9.17) is 0 Å². The van der Waals surface area contributed by atoms with E-state index in [-0.39, 0.29) is 19.1 Å².